The molecule has 0 aromatic carbocycles. The average molecular weight is 232 g/mol. The third-order valence-corrected chi connectivity index (χ3v) is 3.42. The summed E-state index contributed by atoms with van der Waals surface area (Å²) in [4.78, 5) is 28.6. The third kappa shape index (κ3) is 2.48. The highest BCUT2D eigenvalue weighted by Crippen LogP contribution is 2.44. The largest absolute Gasteiger partial charge is 0.452 e. The summed E-state index contributed by atoms with van der Waals surface area (Å²) >= 11 is 0. The van der Waals surface area contributed by atoms with E-state index in [1.807, 2.05) is 6.08 Å². The minimum atomic E-state index is -4.24. The van der Waals surface area contributed by atoms with Crippen LogP contribution in [0.15, 0.2) is 12.2 Å². The minimum absolute atomic E-state index is 0.202. The molecule has 3 unspecified atom stereocenters. The first-order valence-electron chi connectivity index (χ1n) is 4.85. The zero-order chi connectivity index (χ0) is 11.1. The number of hydrogen-bond donors (Lipinski definition) is 2. The van der Waals surface area contributed by atoms with Crippen LogP contribution < -0.4 is 0 Å². The Morgan fingerprint density at radius 2 is 2.13 bits per heavy atom. The topological polar surface area (TPSA) is 83.8 Å². The summed E-state index contributed by atoms with van der Waals surface area (Å²) in [5.41, 5.74) is 0. The molecule has 0 heterocycles. The number of carbonyl (C=O) groups is 1. The molecular weight excluding hydrogens is 219 g/mol. The van der Waals surface area contributed by atoms with Gasteiger partial charge in [-0.15, -0.1) is 0 Å². The van der Waals surface area contributed by atoms with Gasteiger partial charge >= 0.3 is 13.6 Å². The second kappa shape index (κ2) is 3.74. The zero-order valence-electron chi connectivity index (χ0n) is 8.07. The van der Waals surface area contributed by atoms with Crippen LogP contribution in [0.25, 0.3) is 0 Å². The molecule has 1 saturated carbocycles. The van der Waals surface area contributed by atoms with Crippen molar-refractivity contribution >= 4 is 13.6 Å². The summed E-state index contributed by atoms with van der Waals surface area (Å²) < 4.78 is 15.1. The van der Waals surface area contributed by atoms with Crippen molar-refractivity contribution in [2.24, 2.45) is 17.8 Å². The maximum absolute atomic E-state index is 11.5. The molecule has 2 N–H and O–H groups in total. The maximum atomic E-state index is 11.5. The van der Waals surface area contributed by atoms with E-state index in [-0.39, 0.29) is 11.8 Å². The first-order chi connectivity index (χ1) is 6.96. The number of fused-ring (bicyclic) bond motifs is 2. The van der Waals surface area contributed by atoms with Crippen molar-refractivity contribution in [1.29, 1.82) is 0 Å². The van der Waals surface area contributed by atoms with Gasteiger partial charge in [0.15, 0.2) is 6.35 Å². The monoisotopic (exact) mass is 232 g/mol. The molecule has 84 valence electrons. The Kier molecular flexibility index (Phi) is 2.71. The first-order valence-corrected chi connectivity index (χ1v) is 6.65. The van der Waals surface area contributed by atoms with Crippen molar-refractivity contribution < 1.29 is 23.9 Å². The fourth-order valence-corrected chi connectivity index (χ4v) is 2.60. The van der Waals surface area contributed by atoms with Gasteiger partial charge in [-0.1, -0.05) is 12.2 Å². The quantitative estimate of drug-likeness (QED) is 0.428. The summed E-state index contributed by atoms with van der Waals surface area (Å²) in [5, 5.41) is 0. The van der Waals surface area contributed by atoms with Crippen molar-refractivity contribution in [3.8, 4) is 0 Å². The molecule has 2 aliphatic rings. The van der Waals surface area contributed by atoms with Gasteiger partial charge < -0.3 is 14.5 Å². The Morgan fingerprint density at radius 3 is 2.60 bits per heavy atom. The van der Waals surface area contributed by atoms with E-state index in [9.17, 15) is 9.36 Å². The maximum Gasteiger partial charge on any atom is 0.362 e. The van der Waals surface area contributed by atoms with E-state index in [1.165, 1.54) is 0 Å². The first kappa shape index (κ1) is 10.9. The Labute approximate surface area is 87.3 Å². The lowest BCUT2D eigenvalue weighted by molar-refractivity contribution is -0.147. The van der Waals surface area contributed by atoms with Gasteiger partial charge in [-0.3, -0.25) is 9.36 Å². The fraction of sp³-hybridized carbons (Fsp3) is 0.667. The smallest absolute Gasteiger partial charge is 0.362 e. The van der Waals surface area contributed by atoms with E-state index in [4.69, 9.17) is 9.79 Å². The van der Waals surface area contributed by atoms with E-state index in [2.05, 4.69) is 10.8 Å². The van der Waals surface area contributed by atoms with Gasteiger partial charge in [-0.2, -0.15) is 0 Å². The van der Waals surface area contributed by atoms with Crippen molar-refractivity contribution in [2.45, 2.75) is 12.8 Å². The number of rotatable bonds is 3. The van der Waals surface area contributed by atoms with Gasteiger partial charge in [-0.05, 0) is 24.7 Å². The predicted molar refractivity (Wildman–Crippen MR) is 51.8 cm³/mol. The van der Waals surface area contributed by atoms with E-state index < -0.39 is 19.9 Å². The number of allylic oxidation sites excluding steroid dienone is 2. The lowest BCUT2D eigenvalue weighted by Crippen LogP contribution is -2.21. The minimum Gasteiger partial charge on any atom is -0.452 e. The summed E-state index contributed by atoms with van der Waals surface area (Å²) in [5.74, 6) is -0.0244. The molecule has 15 heavy (non-hydrogen) atoms. The Hall–Kier alpha value is -0.640. The molecule has 0 spiro atoms. The van der Waals surface area contributed by atoms with Crippen LogP contribution in [0.4, 0.5) is 0 Å². The average Bonchev–Trinajstić information content (AvgIpc) is 2.73. The molecule has 3 atom stereocenters. The number of ether oxygens (including phenoxy) is 1. The number of carbonyl (C=O) groups excluding carboxylic acids is 1. The molecule has 6 heteroatoms. The molecule has 0 amide bonds. The van der Waals surface area contributed by atoms with Crippen molar-refractivity contribution in [1.82, 2.24) is 0 Å². The van der Waals surface area contributed by atoms with E-state index >= 15 is 0 Å². The summed E-state index contributed by atoms with van der Waals surface area (Å²) in [7, 11) is -4.24. The van der Waals surface area contributed by atoms with Gasteiger partial charge in [0.05, 0.1) is 5.92 Å². The molecule has 0 radical (unpaired) electrons. The summed E-state index contributed by atoms with van der Waals surface area (Å²) in [6.07, 6.45) is 5.01. The number of esters is 1. The van der Waals surface area contributed by atoms with E-state index in [0.717, 1.165) is 12.8 Å². The molecule has 2 bridgehead atoms. The van der Waals surface area contributed by atoms with Gasteiger partial charge in [0, 0.05) is 0 Å². The van der Waals surface area contributed by atoms with Gasteiger partial charge in [0.2, 0.25) is 0 Å². The highest BCUT2D eigenvalue weighted by molar-refractivity contribution is 7.51. The Balaban J connectivity index is 1.87. The second-order valence-corrected chi connectivity index (χ2v) is 5.73. The fourth-order valence-electron chi connectivity index (χ4n) is 2.31. The summed E-state index contributed by atoms with van der Waals surface area (Å²) in [6, 6.07) is 0. The molecule has 0 aromatic rings. The molecule has 5 nitrogen and oxygen atoms in total. The third-order valence-electron chi connectivity index (χ3n) is 2.96. The zero-order valence-corrected chi connectivity index (χ0v) is 8.97. The molecule has 1 fully saturated rings. The summed E-state index contributed by atoms with van der Waals surface area (Å²) in [6.45, 7) is 0. The SMILES string of the molecule is O=C(OCP(=O)(O)O)C1CC2C=CC1C2. The Morgan fingerprint density at radius 1 is 1.40 bits per heavy atom. The van der Waals surface area contributed by atoms with Crippen molar-refractivity contribution in [3.05, 3.63) is 12.2 Å². The van der Waals surface area contributed by atoms with E-state index in [0.29, 0.717) is 5.92 Å². The molecule has 2 rings (SSSR count). The van der Waals surface area contributed by atoms with Crippen LogP contribution in [-0.4, -0.2) is 22.1 Å². The van der Waals surface area contributed by atoms with Crippen LogP contribution >= 0.6 is 7.60 Å². The van der Waals surface area contributed by atoms with Crippen LogP contribution in [-0.2, 0) is 14.1 Å². The van der Waals surface area contributed by atoms with Crippen LogP contribution in [0.2, 0.25) is 0 Å². The highest BCUT2D eigenvalue weighted by atomic mass is 31.2. The molecule has 0 aliphatic heterocycles. The lowest BCUT2D eigenvalue weighted by atomic mass is 9.94. The van der Waals surface area contributed by atoms with Gasteiger partial charge in [0.25, 0.3) is 0 Å². The highest BCUT2D eigenvalue weighted by Gasteiger charge is 2.41. The molecular formula is C9H13O5P. The molecule has 0 saturated heterocycles. The van der Waals surface area contributed by atoms with Crippen LogP contribution in [0.3, 0.4) is 0 Å². The van der Waals surface area contributed by atoms with E-state index in [1.54, 1.807) is 0 Å². The van der Waals surface area contributed by atoms with Crippen molar-refractivity contribution in [3.63, 3.8) is 0 Å². The van der Waals surface area contributed by atoms with Crippen LogP contribution in [0.1, 0.15) is 12.8 Å². The van der Waals surface area contributed by atoms with Crippen LogP contribution in [0, 0.1) is 17.8 Å². The standard InChI is InChI=1S/C9H13O5P/c10-9(14-5-15(11,12)13)8-4-6-1-2-7(8)3-6/h1-2,6-8H,3-5H2,(H2,11,12,13). The van der Waals surface area contributed by atoms with Crippen LogP contribution in [0.5, 0.6) is 0 Å². The van der Waals surface area contributed by atoms with Gasteiger partial charge in [-0.25, -0.2) is 0 Å². The molecule has 2 aliphatic carbocycles. The van der Waals surface area contributed by atoms with Crippen molar-refractivity contribution in [2.75, 3.05) is 6.35 Å². The second-order valence-electron chi connectivity index (χ2n) is 4.14. The molecule has 0 aromatic heterocycles. The number of hydrogen-bond acceptors (Lipinski definition) is 3. The lowest BCUT2D eigenvalue weighted by Gasteiger charge is -2.16. The predicted octanol–water partition coefficient (Wildman–Crippen LogP) is 0.877. The Bertz CT molecular complexity index is 344. The van der Waals surface area contributed by atoms with Gasteiger partial charge in [0.1, 0.15) is 0 Å². The normalized spacial score (nSPS) is 33.3.